The van der Waals surface area contributed by atoms with E-state index >= 15 is 0 Å². The zero-order valence-electron chi connectivity index (χ0n) is 24.7. The van der Waals surface area contributed by atoms with Crippen molar-refractivity contribution < 1.29 is 23.6 Å². The molecule has 3 amide bonds. The highest BCUT2D eigenvalue weighted by Crippen LogP contribution is 2.50. The average Bonchev–Trinajstić information content (AvgIpc) is 3.81. The van der Waals surface area contributed by atoms with Gasteiger partial charge >= 0.3 is 0 Å². The van der Waals surface area contributed by atoms with Crippen LogP contribution in [0.4, 0.5) is 4.39 Å². The summed E-state index contributed by atoms with van der Waals surface area (Å²) in [6.45, 7) is 5.35. The lowest BCUT2D eigenvalue weighted by atomic mass is 10.0. The first-order valence-electron chi connectivity index (χ1n) is 14.7. The molecule has 0 aromatic carbocycles. The third kappa shape index (κ3) is 9.11. The van der Waals surface area contributed by atoms with Crippen molar-refractivity contribution in [3.8, 4) is 0 Å². The first-order valence-corrected chi connectivity index (χ1v) is 15.8. The molecule has 0 radical (unpaired) electrons. The first kappa shape index (κ1) is 31.7. The molecule has 0 unspecified atom stereocenters. The summed E-state index contributed by atoms with van der Waals surface area (Å²) < 4.78 is 14.5. The highest BCUT2D eigenvalue weighted by atomic mass is 32.2. The van der Waals surface area contributed by atoms with E-state index in [1.54, 1.807) is 12.5 Å². The van der Waals surface area contributed by atoms with Crippen molar-refractivity contribution in [1.29, 1.82) is 0 Å². The van der Waals surface area contributed by atoms with Crippen LogP contribution in [-0.2, 0) is 32.1 Å². The van der Waals surface area contributed by atoms with Gasteiger partial charge in [0.05, 0.1) is 29.9 Å². The van der Waals surface area contributed by atoms with E-state index in [9.17, 15) is 23.6 Å². The molecule has 0 saturated heterocycles. The Morgan fingerprint density at radius 2 is 1.81 bits per heavy atom. The largest absolute Gasteiger partial charge is 0.350 e. The number of hydrogen-bond acceptors (Lipinski definition) is 6. The van der Waals surface area contributed by atoms with Gasteiger partial charge in [0, 0.05) is 12.2 Å². The second-order valence-corrected chi connectivity index (χ2v) is 12.8. The Hall–Kier alpha value is -3.27. The molecule has 3 N–H and O–H groups in total. The molecule has 0 bridgehead atoms. The molecule has 0 atom stereocenters. The number of aromatic nitrogens is 1. The Morgan fingerprint density at radius 1 is 1.07 bits per heavy atom. The topological polar surface area (TPSA) is 117 Å². The van der Waals surface area contributed by atoms with Crippen molar-refractivity contribution in [3.05, 3.63) is 64.4 Å². The number of thioether (sulfide) groups is 1. The van der Waals surface area contributed by atoms with Gasteiger partial charge < -0.3 is 16.0 Å². The van der Waals surface area contributed by atoms with Crippen LogP contribution in [0, 0.1) is 11.2 Å². The first-order chi connectivity index (χ1) is 20.0. The molecule has 0 spiro atoms. The monoisotopic (exact) mass is 596 g/mol. The van der Waals surface area contributed by atoms with Gasteiger partial charge in [0.25, 0.3) is 5.91 Å². The van der Waals surface area contributed by atoms with Gasteiger partial charge in [-0.25, -0.2) is 4.39 Å². The number of carbonyl (C=O) groups is 4. The molecule has 3 fully saturated rings. The second-order valence-electron chi connectivity index (χ2n) is 11.7. The van der Waals surface area contributed by atoms with Gasteiger partial charge in [-0.1, -0.05) is 29.4 Å². The van der Waals surface area contributed by atoms with Gasteiger partial charge in [0.2, 0.25) is 11.8 Å². The Kier molecular flexibility index (Phi) is 10.4. The van der Waals surface area contributed by atoms with Crippen LogP contribution in [-0.4, -0.2) is 45.5 Å². The van der Waals surface area contributed by atoms with Crippen LogP contribution in [0.15, 0.2) is 47.2 Å². The van der Waals surface area contributed by atoms with Crippen LogP contribution in [0.1, 0.15) is 83.5 Å². The highest BCUT2D eigenvalue weighted by molar-refractivity contribution is 7.99. The number of amides is 3. The van der Waals surface area contributed by atoms with E-state index in [2.05, 4.69) is 40.0 Å². The predicted molar refractivity (Wildman–Crippen MR) is 162 cm³/mol. The van der Waals surface area contributed by atoms with Crippen molar-refractivity contribution in [2.45, 2.75) is 90.6 Å². The van der Waals surface area contributed by atoms with Crippen LogP contribution >= 0.6 is 11.8 Å². The Labute approximate surface area is 251 Å². The Balaban J connectivity index is 1.20. The molecule has 3 aliphatic rings. The molecule has 3 saturated carbocycles. The minimum Gasteiger partial charge on any atom is -0.350 e. The molecule has 3 aliphatic carbocycles. The van der Waals surface area contributed by atoms with Crippen molar-refractivity contribution in [2.24, 2.45) is 5.41 Å². The molecule has 10 heteroatoms. The minimum absolute atomic E-state index is 0.0144. The van der Waals surface area contributed by atoms with E-state index in [0.29, 0.717) is 25.0 Å². The zero-order chi connectivity index (χ0) is 30.3. The maximum Gasteiger partial charge on any atom is 0.268 e. The van der Waals surface area contributed by atoms with Gasteiger partial charge in [-0.15, -0.1) is 0 Å². The Bertz CT molecular complexity index is 1320. The van der Waals surface area contributed by atoms with Crippen molar-refractivity contribution in [3.63, 3.8) is 0 Å². The van der Waals surface area contributed by atoms with Gasteiger partial charge in [-0.3, -0.25) is 24.2 Å². The molecular weight excluding hydrogens is 555 g/mol. The summed E-state index contributed by atoms with van der Waals surface area (Å²) in [5.74, 6) is 0.123. The molecule has 0 aliphatic heterocycles. The Morgan fingerprint density at radius 3 is 2.43 bits per heavy atom. The summed E-state index contributed by atoms with van der Waals surface area (Å²) in [6.07, 6.45) is 12.5. The lowest BCUT2D eigenvalue weighted by Crippen LogP contribution is -2.45. The van der Waals surface area contributed by atoms with Crippen molar-refractivity contribution >= 4 is 35.3 Å². The average molecular weight is 597 g/mol. The molecular formula is C32H41FN4O4S. The maximum absolute atomic E-state index is 14.5. The van der Waals surface area contributed by atoms with E-state index in [1.165, 1.54) is 43.5 Å². The number of halogens is 1. The fourth-order valence-electron chi connectivity index (χ4n) is 4.77. The molecule has 226 valence electrons. The molecule has 1 aromatic heterocycles. The van der Waals surface area contributed by atoms with E-state index < -0.39 is 23.2 Å². The number of nitrogens with zero attached hydrogens (tertiary/aromatic N) is 1. The normalized spacial score (nSPS) is 17.9. The summed E-state index contributed by atoms with van der Waals surface area (Å²) in [5, 5.41) is 8.03. The summed E-state index contributed by atoms with van der Waals surface area (Å²) >= 11 is 1.96. The van der Waals surface area contributed by atoms with Gasteiger partial charge in [-0.05, 0) is 89.0 Å². The van der Waals surface area contributed by atoms with Gasteiger partial charge in [-0.2, -0.15) is 11.8 Å². The number of hydrogen-bond donors (Lipinski definition) is 3. The van der Waals surface area contributed by atoms with E-state index in [-0.39, 0.29) is 41.5 Å². The summed E-state index contributed by atoms with van der Waals surface area (Å²) in [4.78, 5) is 53.8. The lowest BCUT2D eigenvalue weighted by Gasteiger charge is -2.16. The molecule has 8 nitrogen and oxygen atoms in total. The summed E-state index contributed by atoms with van der Waals surface area (Å²) in [6, 6.07) is 2.69. The number of ketones is 1. The summed E-state index contributed by atoms with van der Waals surface area (Å²) in [7, 11) is 0. The molecule has 1 heterocycles. The van der Waals surface area contributed by atoms with E-state index in [1.807, 2.05) is 11.8 Å². The minimum atomic E-state index is -0.858. The zero-order valence-corrected chi connectivity index (χ0v) is 25.6. The van der Waals surface area contributed by atoms with Crippen LogP contribution < -0.4 is 16.0 Å². The third-order valence-corrected chi connectivity index (χ3v) is 9.24. The number of allylic oxidation sites excluding steroid dienone is 4. The number of carbonyl (C=O) groups excluding carboxylic acids is 4. The van der Waals surface area contributed by atoms with Crippen molar-refractivity contribution in [2.75, 3.05) is 11.5 Å². The fraction of sp³-hybridized carbons (Fsp3) is 0.531. The fourth-order valence-corrected chi connectivity index (χ4v) is 5.73. The number of rotatable bonds is 16. The number of nitrogens with one attached hydrogen (secondary N) is 3. The van der Waals surface area contributed by atoms with Gasteiger partial charge in [0.15, 0.2) is 5.78 Å². The van der Waals surface area contributed by atoms with Crippen molar-refractivity contribution in [1.82, 2.24) is 20.9 Å². The highest BCUT2D eigenvalue weighted by Gasteiger charge is 2.49. The molecule has 42 heavy (non-hydrogen) atoms. The second kappa shape index (κ2) is 13.8. The SMILES string of the molecule is C/C=C(\NC(=O)Cc1nc(CNC(=O)CC2(/C=C/CCSCC(C)=C3CC3)CC2)ccc1F)C(=O)NC1(C(C)=O)CC1. The maximum atomic E-state index is 14.5. The molecule has 4 rings (SSSR count). The van der Waals surface area contributed by atoms with E-state index in [0.717, 1.165) is 30.8 Å². The quantitative estimate of drug-likeness (QED) is 0.146. The predicted octanol–water partition coefficient (Wildman–Crippen LogP) is 4.60. The van der Waals surface area contributed by atoms with Crippen LogP contribution in [0.2, 0.25) is 0 Å². The van der Waals surface area contributed by atoms with Crippen LogP contribution in [0.5, 0.6) is 0 Å². The standard InChI is InChI=1S/C32H41FN4O4S/c1-4-26(30(41)37-32(14-15-32)22(3)38)36-28(39)17-27-25(33)10-9-24(35-27)19-34-29(40)18-31(12-13-31)11-5-6-16-42-20-21(2)23-7-8-23/h4-5,9-11H,6-8,12-20H2,1-3H3,(H,34,40)(H,36,39)(H,37,41)/b11-5+,26-4-. The third-order valence-electron chi connectivity index (χ3n) is 8.08. The number of pyridine rings is 1. The lowest BCUT2D eigenvalue weighted by molar-refractivity contribution is -0.127. The molecule has 1 aromatic rings. The summed E-state index contributed by atoms with van der Waals surface area (Å²) in [5.41, 5.74) is 2.56. The van der Waals surface area contributed by atoms with Crippen LogP contribution in [0.25, 0.3) is 0 Å². The van der Waals surface area contributed by atoms with E-state index in [4.69, 9.17) is 0 Å². The van der Waals surface area contributed by atoms with Gasteiger partial charge in [0.1, 0.15) is 11.5 Å². The van der Waals surface area contributed by atoms with Crippen LogP contribution in [0.3, 0.4) is 0 Å². The smallest absolute Gasteiger partial charge is 0.268 e. The number of Topliss-reactive ketones (excluding diaryl/α,β-unsaturated/α-hetero) is 1.